The largest absolute Gasteiger partial charge is 0.366 e. The Morgan fingerprint density at radius 3 is 2.44 bits per heavy atom. The third kappa shape index (κ3) is 7.34. The van der Waals surface area contributed by atoms with Gasteiger partial charge in [0.25, 0.3) is 5.91 Å². The van der Waals surface area contributed by atoms with Gasteiger partial charge in [0.05, 0.1) is 30.8 Å². The Labute approximate surface area is 268 Å². The number of nitrogens with one attached hydrogen (secondary N) is 2. The molecule has 6 N–H and O–H groups in total. The highest BCUT2D eigenvalue weighted by molar-refractivity contribution is 5.81. The zero-order valence-electron chi connectivity index (χ0n) is 27.9. The van der Waals surface area contributed by atoms with Crippen molar-refractivity contribution in [3.8, 4) is 0 Å². The number of nitrogens with two attached hydrogens (primary N) is 2. The molecule has 1 aliphatic carbocycles. The standard InChI is InChI=1S/C32H58F2N8O3/c1-5-7-32-15-24(40(6-2)18-21(33)14-31(32,3)20-32)26(28(35)36)29(43)38-23-17-37-16-22(34)27(23)41-8-10-42(11-9-41)30(44)25-19-39(4)12-13-45-25/h21-28,37H,5-20,35-36H2,1-4H3,(H,38,43). The van der Waals surface area contributed by atoms with Gasteiger partial charge < -0.3 is 36.6 Å². The first-order valence-corrected chi connectivity index (χ1v) is 17.3. The maximum atomic E-state index is 15.7. The second-order valence-electron chi connectivity index (χ2n) is 14.8. The van der Waals surface area contributed by atoms with Gasteiger partial charge in [-0.3, -0.25) is 19.4 Å². The lowest BCUT2D eigenvalue weighted by Crippen LogP contribution is -2.69. The van der Waals surface area contributed by atoms with E-state index in [1.54, 1.807) is 0 Å². The van der Waals surface area contributed by atoms with E-state index in [2.05, 4.69) is 39.2 Å². The number of alkyl halides is 2. The van der Waals surface area contributed by atoms with Crippen LogP contribution < -0.4 is 22.1 Å². The molecule has 1 saturated carbocycles. The highest BCUT2D eigenvalue weighted by Crippen LogP contribution is 2.72. The van der Waals surface area contributed by atoms with Crippen LogP contribution in [-0.2, 0) is 14.3 Å². The molecule has 9 unspecified atom stereocenters. The molecular weight excluding hydrogens is 582 g/mol. The summed E-state index contributed by atoms with van der Waals surface area (Å²) in [7, 11) is 1.98. The van der Waals surface area contributed by atoms with Gasteiger partial charge in [0.15, 0.2) is 0 Å². The Balaban J connectivity index is 1.28. The number of morpholine rings is 1. The summed E-state index contributed by atoms with van der Waals surface area (Å²) in [5.74, 6) is -1.08. The minimum Gasteiger partial charge on any atom is -0.366 e. The number of piperidine rings is 1. The van der Waals surface area contributed by atoms with Crippen molar-refractivity contribution in [1.29, 1.82) is 0 Å². The molecule has 13 heteroatoms. The molecule has 0 spiro atoms. The zero-order chi connectivity index (χ0) is 32.5. The summed E-state index contributed by atoms with van der Waals surface area (Å²) < 4.78 is 36.8. The van der Waals surface area contributed by atoms with E-state index in [4.69, 9.17) is 16.2 Å². The summed E-state index contributed by atoms with van der Waals surface area (Å²) in [5, 5.41) is 6.31. The summed E-state index contributed by atoms with van der Waals surface area (Å²) in [5.41, 5.74) is 12.7. The lowest BCUT2D eigenvalue weighted by molar-refractivity contribution is -0.151. The molecule has 0 aromatic carbocycles. The van der Waals surface area contributed by atoms with E-state index in [-0.39, 0.29) is 41.8 Å². The number of hydrogen-bond acceptors (Lipinski definition) is 9. The van der Waals surface area contributed by atoms with Crippen molar-refractivity contribution >= 4 is 11.8 Å². The van der Waals surface area contributed by atoms with Crippen LogP contribution in [0, 0.1) is 16.7 Å². The number of hydrogen-bond donors (Lipinski definition) is 4. The maximum Gasteiger partial charge on any atom is 0.253 e. The van der Waals surface area contributed by atoms with Crippen molar-refractivity contribution in [2.24, 2.45) is 28.2 Å². The van der Waals surface area contributed by atoms with Crippen LogP contribution >= 0.6 is 0 Å². The van der Waals surface area contributed by atoms with E-state index >= 15 is 8.78 Å². The summed E-state index contributed by atoms with van der Waals surface area (Å²) >= 11 is 0. The molecule has 4 aliphatic heterocycles. The number of rotatable bonds is 9. The van der Waals surface area contributed by atoms with E-state index in [1.165, 1.54) is 0 Å². The molecule has 4 heterocycles. The molecule has 9 atom stereocenters. The van der Waals surface area contributed by atoms with Crippen molar-refractivity contribution in [3.63, 3.8) is 0 Å². The number of fused-ring (bicyclic) bond motifs is 1. The normalized spacial score (nSPS) is 39.5. The molecule has 0 bridgehead atoms. The SMILES string of the molecule is CCCC12CC(C(C(=O)NC3CNCC(F)C3N3CCN(C(=O)C4CN(C)CCO4)CC3)C(N)N)N(CC)CC(F)CC1(C)C2. The lowest BCUT2D eigenvalue weighted by atomic mass is 9.76. The fraction of sp³-hybridized carbons (Fsp3) is 0.938. The third-order valence-electron chi connectivity index (χ3n) is 11.7. The fourth-order valence-corrected chi connectivity index (χ4v) is 9.22. The van der Waals surface area contributed by atoms with Crippen LogP contribution in [0.1, 0.15) is 52.9 Å². The first-order chi connectivity index (χ1) is 21.4. The highest BCUT2D eigenvalue weighted by Gasteiger charge is 2.65. The molecule has 5 rings (SSSR count). The topological polar surface area (TPSA) is 132 Å². The molecule has 5 aliphatic rings. The number of ether oxygens (including phenoxy) is 1. The Morgan fingerprint density at radius 1 is 1.07 bits per heavy atom. The van der Waals surface area contributed by atoms with Crippen LogP contribution in [0.3, 0.4) is 0 Å². The predicted octanol–water partition coefficient (Wildman–Crippen LogP) is 0.135. The quantitative estimate of drug-likeness (QED) is 0.260. The Kier molecular flexibility index (Phi) is 11.1. The van der Waals surface area contributed by atoms with Gasteiger partial charge in [-0.15, -0.1) is 0 Å². The molecule has 0 aromatic heterocycles. The summed E-state index contributed by atoms with van der Waals surface area (Å²) in [4.78, 5) is 35.4. The molecule has 258 valence electrons. The van der Waals surface area contributed by atoms with Crippen molar-refractivity contribution < 1.29 is 23.1 Å². The number of halogens is 2. The number of amides is 2. The molecule has 0 radical (unpaired) electrons. The molecule has 0 aromatic rings. The van der Waals surface area contributed by atoms with Gasteiger partial charge in [-0.1, -0.05) is 27.2 Å². The van der Waals surface area contributed by atoms with Gasteiger partial charge in [0.1, 0.15) is 18.4 Å². The average Bonchev–Trinajstić information content (AvgIpc) is 3.54. The number of piperazine rings is 1. The van der Waals surface area contributed by atoms with Crippen LogP contribution in [0.15, 0.2) is 0 Å². The van der Waals surface area contributed by atoms with Gasteiger partial charge in [0, 0.05) is 64.9 Å². The Bertz CT molecular complexity index is 1030. The predicted molar refractivity (Wildman–Crippen MR) is 170 cm³/mol. The Morgan fingerprint density at radius 2 is 1.80 bits per heavy atom. The summed E-state index contributed by atoms with van der Waals surface area (Å²) in [6.07, 6.45) is 0.610. The van der Waals surface area contributed by atoms with Crippen LogP contribution in [0.5, 0.6) is 0 Å². The van der Waals surface area contributed by atoms with Crippen LogP contribution in [0.2, 0.25) is 0 Å². The number of carbonyl (C=O) groups excluding carboxylic acids is 2. The lowest BCUT2D eigenvalue weighted by Gasteiger charge is -2.47. The van der Waals surface area contributed by atoms with Crippen molar-refractivity contribution in [2.45, 2.75) is 95.6 Å². The van der Waals surface area contributed by atoms with Gasteiger partial charge in [-0.25, -0.2) is 8.78 Å². The fourth-order valence-electron chi connectivity index (χ4n) is 9.22. The Hall–Kier alpha value is -1.48. The third-order valence-corrected chi connectivity index (χ3v) is 11.7. The zero-order valence-corrected chi connectivity index (χ0v) is 27.9. The second kappa shape index (κ2) is 14.3. The van der Waals surface area contributed by atoms with Crippen LogP contribution in [0.4, 0.5) is 8.78 Å². The molecule has 45 heavy (non-hydrogen) atoms. The van der Waals surface area contributed by atoms with Gasteiger partial charge in [-0.2, -0.15) is 0 Å². The first kappa shape index (κ1) is 34.8. The van der Waals surface area contributed by atoms with E-state index in [0.717, 1.165) is 32.2 Å². The van der Waals surface area contributed by atoms with E-state index in [0.29, 0.717) is 58.8 Å². The highest BCUT2D eigenvalue weighted by atomic mass is 19.1. The minimum absolute atomic E-state index is 0.0178. The minimum atomic E-state index is -1.20. The average molecular weight is 641 g/mol. The van der Waals surface area contributed by atoms with Crippen molar-refractivity contribution in [1.82, 2.24) is 30.2 Å². The molecule has 4 saturated heterocycles. The van der Waals surface area contributed by atoms with Gasteiger partial charge in [0.2, 0.25) is 5.91 Å². The van der Waals surface area contributed by atoms with E-state index in [1.807, 2.05) is 18.9 Å². The number of likely N-dealkylation sites (tertiary alicyclic amines) is 1. The van der Waals surface area contributed by atoms with Crippen LogP contribution in [0.25, 0.3) is 0 Å². The monoisotopic (exact) mass is 640 g/mol. The first-order valence-electron chi connectivity index (χ1n) is 17.3. The molecular formula is C32H58F2N8O3. The molecule has 5 fully saturated rings. The molecule has 11 nitrogen and oxygen atoms in total. The summed E-state index contributed by atoms with van der Waals surface area (Å²) in [6, 6.07) is -1.37. The molecule has 2 amide bonds. The van der Waals surface area contributed by atoms with Gasteiger partial charge >= 0.3 is 0 Å². The van der Waals surface area contributed by atoms with Crippen molar-refractivity contribution in [2.75, 3.05) is 79.1 Å². The number of nitrogens with zero attached hydrogens (tertiary/aromatic N) is 4. The van der Waals surface area contributed by atoms with Crippen LogP contribution in [-0.4, -0.2) is 153 Å². The van der Waals surface area contributed by atoms with Gasteiger partial charge in [-0.05, 0) is 50.1 Å². The second-order valence-corrected chi connectivity index (χ2v) is 14.8. The smallest absolute Gasteiger partial charge is 0.253 e. The van der Waals surface area contributed by atoms with E-state index in [9.17, 15) is 9.59 Å². The van der Waals surface area contributed by atoms with Crippen molar-refractivity contribution in [3.05, 3.63) is 0 Å². The number of likely N-dealkylation sites (N-methyl/N-ethyl adjacent to an activating group) is 1. The van der Waals surface area contributed by atoms with E-state index < -0.39 is 42.6 Å². The maximum absolute atomic E-state index is 15.7. The summed E-state index contributed by atoms with van der Waals surface area (Å²) in [6.45, 7) is 11.7. The number of carbonyl (C=O) groups is 2.